The van der Waals surface area contributed by atoms with E-state index in [4.69, 9.17) is 10.2 Å². The van der Waals surface area contributed by atoms with Crippen LogP contribution in [-0.2, 0) is 10.5 Å². The second-order valence-electron chi connectivity index (χ2n) is 3.30. The number of hydrogen-bond donors (Lipinski definition) is 1. The van der Waals surface area contributed by atoms with Gasteiger partial charge in [-0.15, -0.1) is 0 Å². The average Bonchev–Trinajstić information content (AvgIpc) is 2.85. The molecule has 2 aromatic heterocycles. The highest BCUT2D eigenvalue weighted by Crippen LogP contribution is 2.26. The Kier molecular flexibility index (Phi) is 3.83. The number of nitrogens with zero attached hydrogens (tertiary/aromatic N) is 2. The van der Waals surface area contributed by atoms with Gasteiger partial charge in [0.1, 0.15) is 5.03 Å². The number of rotatable bonds is 4. The molecule has 0 saturated heterocycles. The number of carbonyl (C=O) groups is 1. The Morgan fingerprint density at radius 2 is 2.28 bits per heavy atom. The summed E-state index contributed by atoms with van der Waals surface area (Å²) < 4.78 is 9.70. The first-order valence-electron chi connectivity index (χ1n) is 5.06. The molecule has 2 aromatic rings. The molecule has 18 heavy (non-hydrogen) atoms. The zero-order valence-corrected chi connectivity index (χ0v) is 10.4. The fourth-order valence-corrected chi connectivity index (χ4v) is 2.17. The third-order valence-corrected chi connectivity index (χ3v) is 3.22. The summed E-state index contributed by atoms with van der Waals surface area (Å²) in [6.45, 7) is 0. The van der Waals surface area contributed by atoms with Crippen LogP contribution in [0.25, 0.3) is 0 Å². The van der Waals surface area contributed by atoms with Gasteiger partial charge < -0.3 is 14.9 Å². The van der Waals surface area contributed by atoms with Crippen LogP contribution in [0.15, 0.2) is 34.2 Å². The summed E-state index contributed by atoms with van der Waals surface area (Å²) in [4.78, 5) is 19.4. The third-order valence-electron chi connectivity index (χ3n) is 2.17. The van der Waals surface area contributed by atoms with Crippen molar-refractivity contribution in [3.05, 3.63) is 36.0 Å². The van der Waals surface area contributed by atoms with E-state index < -0.39 is 5.97 Å². The zero-order chi connectivity index (χ0) is 13.0. The van der Waals surface area contributed by atoms with Crippen LogP contribution in [0, 0.1) is 0 Å². The first-order chi connectivity index (χ1) is 8.72. The molecule has 0 spiro atoms. The van der Waals surface area contributed by atoms with Gasteiger partial charge in [-0.2, -0.15) is 0 Å². The van der Waals surface area contributed by atoms with Crippen molar-refractivity contribution in [1.82, 2.24) is 9.97 Å². The van der Waals surface area contributed by atoms with E-state index in [0.29, 0.717) is 16.6 Å². The van der Waals surface area contributed by atoms with Gasteiger partial charge >= 0.3 is 5.97 Å². The number of furan rings is 1. The maximum atomic E-state index is 11.4. The summed E-state index contributed by atoms with van der Waals surface area (Å²) in [5, 5.41) is 0.620. The second kappa shape index (κ2) is 5.54. The van der Waals surface area contributed by atoms with Crippen LogP contribution in [0.4, 0.5) is 5.82 Å². The number of carbonyl (C=O) groups excluding carboxylic acids is 1. The number of ether oxygens (including phenoxy) is 1. The minimum atomic E-state index is -0.497. The van der Waals surface area contributed by atoms with E-state index in [9.17, 15) is 4.79 Å². The number of hydrogen-bond acceptors (Lipinski definition) is 7. The topological polar surface area (TPSA) is 91.2 Å². The third kappa shape index (κ3) is 2.62. The fourth-order valence-electron chi connectivity index (χ4n) is 1.31. The molecule has 0 radical (unpaired) electrons. The Morgan fingerprint density at radius 3 is 3.00 bits per heavy atom. The highest BCUT2D eigenvalue weighted by Gasteiger charge is 2.16. The normalized spacial score (nSPS) is 10.3. The molecule has 0 unspecified atom stereocenters. The molecule has 0 aliphatic rings. The molecule has 2 rings (SSSR count). The van der Waals surface area contributed by atoms with Gasteiger partial charge in [-0.3, -0.25) is 0 Å². The lowest BCUT2D eigenvalue weighted by molar-refractivity contribution is 0.0564. The second-order valence-corrected chi connectivity index (χ2v) is 4.27. The Bertz CT molecular complexity index is 556. The van der Waals surface area contributed by atoms with E-state index in [0.717, 1.165) is 5.56 Å². The highest BCUT2D eigenvalue weighted by molar-refractivity contribution is 7.98. The quantitative estimate of drug-likeness (QED) is 0.664. The lowest BCUT2D eigenvalue weighted by Gasteiger charge is -2.02. The van der Waals surface area contributed by atoms with Crippen molar-refractivity contribution in [2.75, 3.05) is 12.8 Å². The SMILES string of the molecule is COC(=O)c1occc1CSc1nccnc1N. The van der Waals surface area contributed by atoms with Gasteiger partial charge in [0.2, 0.25) is 5.76 Å². The van der Waals surface area contributed by atoms with Crippen molar-refractivity contribution in [2.24, 2.45) is 0 Å². The number of nitrogens with two attached hydrogens (primary N) is 1. The van der Waals surface area contributed by atoms with Gasteiger partial charge in [0.05, 0.1) is 13.4 Å². The average molecular weight is 265 g/mol. The zero-order valence-electron chi connectivity index (χ0n) is 9.62. The number of nitrogen functional groups attached to an aromatic ring is 1. The Balaban J connectivity index is 2.09. The molecule has 0 fully saturated rings. The number of aromatic nitrogens is 2. The molecular formula is C11H11N3O3S. The van der Waals surface area contributed by atoms with Gasteiger partial charge in [-0.25, -0.2) is 14.8 Å². The molecule has 7 heteroatoms. The van der Waals surface area contributed by atoms with Crippen LogP contribution in [0.5, 0.6) is 0 Å². The Labute approximate surface area is 108 Å². The molecule has 0 bridgehead atoms. The van der Waals surface area contributed by atoms with Crippen molar-refractivity contribution >= 4 is 23.5 Å². The molecule has 6 nitrogen and oxygen atoms in total. The van der Waals surface area contributed by atoms with Crippen LogP contribution in [-0.4, -0.2) is 23.0 Å². The van der Waals surface area contributed by atoms with Crippen molar-refractivity contribution in [1.29, 1.82) is 0 Å². The highest BCUT2D eigenvalue weighted by atomic mass is 32.2. The lowest BCUT2D eigenvalue weighted by Crippen LogP contribution is -2.02. The minimum Gasteiger partial charge on any atom is -0.463 e. The van der Waals surface area contributed by atoms with Crippen molar-refractivity contribution in [2.45, 2.75) is 10.8 Å². The summed E-state index contributed by atoms with van der Waals surface area (Å²) in [6, 6.07) is 1.71. The van der Waals surface area contributed by atoms with Gasteiger partial charge in [0, 0.05) is 23.7 Å². The molecule has 0 atom stereocenters. The van der Waals surface area contributed by atoms with E-state index in [1.807, 2.05) is 0 Å². The molecule has 0 aromatic carbocycles. The molecular weight excluding hydrogens is 254 g/mol. The molecule has 0 amide bonds. The number of anilines is 1. The van der Waals surface area contributed by atoms with Gasteiger partial charge in [-0.1, -0.05) is 11.8 Å². The van der Waals surface area contributed by atoms with Crippen LogP contribution in [0.3, 0.4) is 0 Å². The minimum absolute atomic E-state index is 0.201. The largest absolute Gasteiger partial charge is 0.463 e. The van der Waals surface area contributed by atoms with Crippen LogP contribution >= 0.6 is 11.8 Å². The number of methoxy groups -OCH3 is 1. The Hall–Kier alpha value is -2.02. The van der Waals surface area contributed by atoms with E-state index in [1.54, 1.807) is 12.3 Å². The number of esters is 1. The summed E-state index contributed by atoms with van der Waals surface area (Å²) in [5.41, 5.74) is 6.41. The smallest absolute Gasteiger partial charge is 0.374 e. The standard InChI is InChI=1S/C11H11N3O3S/c1-16-11(15)8-7(2-5-17-8)6-18-10-9(12)13-3-4-14-10/h2-5H,6H2,1H3,(H2,12,13). The van der Waals surface area contributed by atoms with E-state index >= 15 is 0 Å². The van der Waals surface area contributed by atoms with E-state index in [1.165, 1.54) is 31.3 Å². The summed E-state index contributed by atoms with van der Waals surface area (Å²) >= 11 is 1.38. The van der Waals surface area contributed by atoms with Gasteiger partial charge in [-0.05, 0) is 6.07 Å². The molecule has 94 valence electrons. The Morgan fingerprint density at radius 1 is 1.50 bits per heavy atom. The van der Waals surface area contributed by atoms with Crippen LogP contribution in [0.2, 0.25) is 0 Å². The summed E-state index contributed by atoms with van der Waals surface area (Å²) in [7, 11) is 1.31. The molecule has 2 heterocycles. The van der Waals surface area contributed by atoms with Gasteiger partial charge in [0.25, 0.3) is 0 Å². The van der Waals surface area contributed by atoms with E-state index in [-0.39, 0.29) is 5.76 Å². The maximum absolute atomic E-state index is 11.4. The predicted octanol–water partition coefficient (Wildman–Crippen LogP) is 1.73. The molecule has 2 N–H and O–H groups in total. The lowest BCUT2D eigenvalue weighted by atomic mass is 10.3. The molecule has 0 saturated carbocycles. The maximum Gasteiger partial charge on any atom is 0.374 e. The van der Waals surface area contributed by atoms with Crippen molar-refractivity contribution < 1.29 is 13.9 Å². The first-order valence-corrected chi connectivity index (χ1v) is 6.05. The van der Waals surface area contributed by atoms with E-state index in [2.05, 4.69) is 14.7 Å². The molecule has 0 aliphatic heterocycles. The number of thioether (sulfide) groups is 1. The monoisotopic (exact) mass is 265 g/mol. The van der Waals surface area contributed by atoms with Gasteiger partial charge in [0.15, 0.2) is 5.82 Å². The first kappa shape index (κ1) is 12.4. The fraction of sp³-hybridized carbons (Fsp3) is 0.182. The van der Waals surface area contributed by atoms with Crippen LogP contribution in [0.1, 0.15) is 16.1 Å². The molecule has 0 aliphatic carbocycles. The summed E-state index contributed by atoms with van der Waals surface area (Å²) in [5.74, 6) is 0.574. The predicted molar refractivity (Wildman–Crippen MR) is 66.1 cm³/mol. The van der Waals surface area contributed by atoms with Crippen LogP contribution < -0.4 is 5.73 Å². The van der Waals surface area contributed by atoms with Crippen molar-refractivity contribution in [3.63, 3.8) is 0 Å². The summed E-state index contributed by atoms with van der Waals surface area (Å²) in [6.07, 6.45) is 4.54. The van der Waals surface area contributed by atoms with Crippen molar-refractivity contribution in [3.8, 4) is 0 Å².